The Labute approximate surface area is 129 Å². The molecule has 3 aromatic rings. The van der Waals surface area contributed by atoms with Gasteiger partial charge in [-0.25, -0.2) is 4.98 Å². The van der Waals surface area contributed by atoms with Crippen molar-refractivity contribution in [2.75, 3.05) is 0 Å². The van der Waals surface area contributed by atoms with Crippen LogP contribution in [0.25, 0.3) is 11.0 Å². The molecule has 0 aliphatic carbocycles. The lowest BCUT2D eigenvalue weighted by molar-refractivity contribution is 0.487. The van der Waals surface area contributed by atoms with Crippen LogP contribution in [-0.2, 0) is 0 Å². The molecule has 0 fully saturated rings. The number of benzene rings is 1. The molecule has 3 nitrogen and oxygen atoms in total. The first-order chi connectivity index (χ1) is 9.63. The molecule has 5 heteroatoms. The molecule has 1 aromatic carbocycles. The lowest BCUT2D eigenvalue weighted by atomic mass is 10.2. The maximum absolute atomic E-state index is 6.19. The zero-order valence-electron chi connectivity index (χ0n) is 10.6. The first-order valence-electron chi connectivity index (χ1n) is 5.98. The van der Waals surface area contributed by atoms with E-state index >= 15 is 0 Å². The first kappa shape index (κ1) is 13.3. The van der Waals surface area contributed by atoms with Crippen molar-refractivity contribution in [2.24, 2.45) is 0 Å². The standard InChI is InChI=1S/C15H10BrClN2O/c1-9-2-3-13(11(17)6-9)20-14-4-5-18-12-7-10(16)8-19-15(12)14/h2-8H,1H3. The zero-order valence-corrected chi connectivity index (χ0v) is 12.9. The summed E-state index contributed by atoms with van der Waals surface area (Å²) in [6.07, 6.45) is 3.40. The van der Waals surface area contributed by atoms with Crippen LogP contribution in [0.2, 0.25) is 5.02 Å². The predicted octanol–water partition coefficient (Wildman–Crippen LogP) is 5.15. The van der Waals surface area contributed by atoms with E-state index in [0.29, 0.717) is 22.0 Å². The number of fused-ring (bicyclic) bond motifs is 1. The number of aryl methyl sites for hydroxylation is 1. The van der Waals surface area contributed by atoms with E-state index < -0.39 is 0 Å². The van der Waals surface area contributed by atoms with Crippen LogP contribution >= 0.6 is 27.5 Å². The molecule has 0 unspecified atom stereocenters. The first-order valence-corrected chi connectivity index (χ1v) is 7.15. The molecule has 0 amide bonds. The van der Waals surface area contributed by atoms with Crippen LogP contribution in [-0.4, -0.2) is 9.97 Å². The quantitative estimate of drug-likeness (QED) is 0.642. The molecule has 0 bridgehead atoms. The van der Waals surface area contributed by atoms with E-state index in [0.717, 1.165) is 15.6 Å². The molecule has 100 valence electrons. The van der Waals surface area contributed by atoms with E-state index in [9.17, 15) is 0 Å². The highest BCUT2D eigenvalue weighted by Crippen LogP contribution is 2.33. The largest absolute Gasteiger partial charge is 0.453 e. The van der Waals surface area contributed by atoms with E-state index in [1.807, 2.05) is 31.2 Å². The van der Waals surface area contributed by atoms with Gasteiger partial charge in [-0.15, -0.1) is 0 Å². The number of rotatable bonds is 2. The number of hydrogen-bond acceptors (Lipinski definition) is 3. The molecule has 0 aliphatic rings. The highest BCUT2D eigenvalue weighted by Gasteiger charge is 2.08. The smallest absolute Gasteiger partial charge is 0.156 e. The molecule has 0 saturated carbocycles. The van der Waals surface area contributed by atoms with Crippen LogP contribution in [0.15, 0.2) is 47.2 Å². The van der Waals surface area contributed by atoms with Crippen LogP contribution < -0.4 is 4.74 Å². The topological polar surface area (TPSA) is 35.0 Å². The summed E-state index contributed by atoms with van der Waals surface area (Å²) < 4.78 is 6.75. The molecule has 0 aliphatic heterocycles. The fraction of sp³-hybridized carbons (Fsp3) is 0.0667. The highest BCUT2D eigenvalue weighted by atomic mass is 79.9. The van der Waals surface area contributed by atoms with Gasteiger partial charge >= 0.3 is 0 Å². The lowest BCUT2D eigenvalue weighted by Gasteiger charge is -2.09. The van der Waals surface area contributed by atoms with Crippen molar-refractivity contribution < 1.29 is 4.74 Å². The second-order valence-corrected chi connectivity index (χ2v) is 5.69. The summed E-state index contributed by atoms with van der Waals surface area (Å²) in [5.74, 6) is 1.24. The molecule has 0 atom stereocenters. The molecule has 2 heterocycles. The minimum atomic E-state index is 0.576. The van der Waals surface area contributed by atoms with Gasteiger partial charge < -0.3 is 4.74 Å². The van der Waals surface area contributed by atoms with Crippen molar-refractivity contribution in [3.8, 4) is 11.5 Å². The Kier molecular flexibility index (Phi) is 3.59. The van der Waals surface area contributed by atoms with Crippen molar-refractivity contribution in [3.05, 3.63) is 57.8 Å². The summed E-state index contributed by atoms with van der Waals surface area (Å²) in [5, 5.41) is 0.576. The summed E-state index contributed by atoms with van der Waals surface area (Å²) in [5.41, 5.74) is 2.55. The monoisotopic (exact) mass is 348 g/mol. The van der Waals surface area contributed by atoms with Crippen molar-refractivity contribution in [1.29, 1.82) is 0 Å². The maximum Gasteiger partial charge on any atom is 0.156 e. The van der Waals surface area contributed by atoms with Gasteiger partial charge in [0.2, 0.25) is 0 Å². The average Bonchev–Trinajstić information content (AvgIpc) is 2.41. The number of halogens is 2. The summed E-state index contributed by atoms with van der Waals surface area (Å²) in [6.45, 7) is 1.98. The normalized spacial score (nSPS) is 10.8. The summed E-state index contributed by atoms with van der Waals surface area (Å²) in [4.78, 5) is 8.62. The van der Waals surface area contributed by atoms with Crippen LogP contribution in [0.1, 0.15) is 5.56 Å². The Hall–Kier alpha value is -1.65. The van der Waals surface area contributed by atoms with Crippen molar-refractivity contribution >= 4 is 38.6 Å². The molecular weight excluding hydrogens is 340 g/mol. The van der Waals surface area contributed by atoms with Gasteiger partial charge in [-0.1, -0.05) is 17.7 Å². The van der Waals surface area contributed by atoms with E-state index in [2.05, 4.69) is 25.9 Å². The molecule has 0 saturated heterocycles. The van der Waals surface area contributed by atoms with Crippen molar-refractivity contribution in [1.82, 2.24) is 9.97 Å². The van der Waals surface area contributed by atoms with E-state index in [4.69, 9.17) is 16.3 Å². The van der Waals surface area contributed by atoms with Crippen LogP contribution in [0.5, 0.6) is 11.5 Å². The second-order valence-electron chi connectivity index (χ2n) is 4.37. The zero-order chi connectivity index (χ0) is 14.1. The van der Waals surface area contributed by atoms with Gasteiger partial charge in [0.15, 0.2) is 5.75 Å². The summed E-state index contributed by atoms with van der Waals surface area (Å²) in [7, 11) is 0. The van der Waals surface area contributed by atoms with Gasteiger partial charge in [-0.05, 0) is 46.6 Å². The van der Waals surface area contributed by atoms with Crippen LogP contribution in [0.3, 0.4) is 0 Å². The third-order valence-corrected chi connectivity index (χ3v) is 3.54. The minimum absolute atomic E-state index is 0.576. The highest BCUT2D eigenvalue weighted by molar-refractivity contribution is 9.10. The number of aromatic nitrogens is 2. The molecular formula is C15H10BrClN2O. The molecule has 0 radical (unpaired) electrons. The number of hydrogen-bond donors (Lipinski definition) is 0. The van der Waals surface area contributed by atoms with Crippen molar-refractivity contribution in [3.63, 3.8) is 0 Å². The Bertz CT molecular complexity index is 792. The lowest BCUT2D eigenvalue weighted by Crippen LogP contribution is -1.91. The summed E-state index contributed by atoms with van der Waals surface area (Å²) in [6, 6.07) is 9.34. The van der Waals surface area contributed by atoms with Gasteiger partial charge in [0, 0.05) is 22.9 Å². The van der Waals surface area contributed by atoms with Crippen LogP contribution in [0, 0.1) is 6.92 Å². The predicted molar refractivity (Wildman–Crippen MR) is 83.5 cm³/mol. The van der Waals surface area contributed by atoms with Crippen LogP contribution in [0.4, 0.5) is 0 Å². The van der Waals surface area contributed by atoms with E-state index in [1.165, 1.54) is 0 Å². The van der Waals surface area contributed by atoms with E-state index in [1.54, 1.807) is 18.5 Å². The third-order valence-electron chi connectivity index (χ3n) is 2.81. The van der Waals surface area contributed by atoms with Gasteiger partial charge in [0.25, 0.3) is 0 Å². The number of nitrogens with zero attached hydrogens (tertiary/aromatic N) is 2. The van der Waals surface area contributed by atoms with Crippen molar-refractivity contribution in [2.45, 2.75) is 6.92 Å². The Balaban J connectivity index is 2.06. The second kappa shape index (κ2) is 5.38. The molecule has 20 heavy (non-hydrogen) atoms. The van der Waals surface area contributed by atoms with E-state index in [-0.39, 0.29) is 0 Å². The SMILES string of the molecule is Cc1ccc(Oc2ccnc3cc(Br)cnc23)c(Cl)c1. The number of pyridine rings is 2. The fourth-order valence-electron chi connectivity index (χ4n) is 1.87. The number of ether oxygens (including phenoxy) is 1. The molecule has 3 rings (SSSR count). The van der Waals surface area contributed by atoms with Gasteiger partial charge in [-0.3, -0.25) is 4.98 Å². The third kappa shape index (κ3) is 2.62. The van der Waals surface area contributed by atoms with Gasteiger partial charge in [0.05, 0.1) is 10.5 Å². The van der Waals surface area contributed by atoms with Gasteiger partial charge in [-0.2, -0.15) is 0 Å². The molecule has 0 N–H and O–H groups in total. The molecule has 0 spiro atoms. The van der Waals surface area contributed by atoms with Gasteiger partial charge in [0.1, 0.15) is 11.3 Å². The maximum atomic E-state index is 6.19. The summed E-state index contributed by atoms with van der Waals surface area (Å²) >= 11 is 9.57. The average molecular weight is 350 g/mol. The Morgan fingerprint density at radius 3 is 2.75 bits per heavy atom. The minimum Gasteiger partial charge on any atom is -0.453 e. The Morgan fingerprint density at radius 2 is 1.95 bits per heavy atom. The Morgan fingerprint density at radius 1 is 1.10 bits per heavy atom. The molecule has 2 aromatic heterocycles. The fourth-order valence-corrected chi connectivity index (χ4v) is 2.46.